The van der Waals surface area contributed by atoms with Crippen LogP contribution in [0.2, 0.25) is 0 Å². The molecule has 0 saturated carbocycles. The number of nitrogen functional groups attached to an aromatic ring is 1. The first-order valence-electron chi connectivity index (χ1n) is 8.28. The van der Waals surface area contributed by atoms with Gasteiger partial charge in [0.1, 0.15) is 0 Å². The Hall–Kier alpha value is -2.59. The molecule has 1 amide bonds. The molecule has 0 bridgehead atoms. The van der Waals surface area contributed by atoms with Crippen molar-refractivity contribution >= 4 is 22.9 Å². The SMILES string of the molecule is Cc1ccc(-c2cccc(C(C)NC(=O)c3cc(N)ccc3C)c2)s1. The zero-order valence-corrected chi connectivity index (χ0v) is 15.5. The summed E-state index contributed by atoms with van der Waals surface area (Å²) in [5.74, 6) is -0.102. The molecule has 0 radical (unpaired) electrons. The summed E-state index contributed by atoms with van der Waals surface area (Å²) >= 11 is 1.77. The molecule has 1 heterocycles. The van der Waals surface area contributed by atoms with Crippen LogP contribution in [-0.2, 0) is 0 Å². The van der Waals surface area contributed by atoms with Crippen molar-refractivity contribution in [3.63, 3.8) is 0 Å². The maximum absolute atomic E-state index is 12.6. The zero-order chi connectivity index (χ0) is 18.0. The van der Waals surface area contributed by atoms with E-state index >= 15 is 0 Å². The van der Waals surface area contributed by atoms with Gasteiger partial charge in [-0.2, -0.15) is 0 Å². The highest BCUT2D eigenvalue weighted by atomic mass is 32.1. The van der Waals surface area contributed by atoms with Gasteiger partial charge in [0.15, 0.2) is 0 Å². The molecule has 1 aromatic heterocycles. The monoisotopic (exact) mass is 350 g/mol. The highest BCUT2D eigenvalue weighted by Gasteiger charge is 2.14. The molecule has 0 fully saturated rings. The second-order valence-corrected chi connectivity index (χ2v) is 7.59. The maximum atomic E-state index is 12.6. The van der Waals surface area contributed by atoms with Gasteiger partial charge in [0, 0.05) is 21.0 Å². The Kier molecular flexibility index (Phi) is 4.91. The Morgan fingerprint density at radius 1 is 1.08 bits per heavy atom. The highest BCUT2D eigenvalue weighted by Crippen LogP contribution is 2.29. The lowest BCUT2D eigenvalue weighted by atomic mass is 10.0. The number of aryl methyl sites for hydroxylation is 2. The van der Waals surface area contributed by atoms with Gasteiger partial charge in [0.05, 0.1) is 6.04 Å². The van der Waals surface area contributed by atoms with Gasteiger partial charge < -0.3 is 11.1 Å². The number of hydrogen-bond acceptors (Lipinski definition) is 3. The van der Waals surface area contributed by atoms with E-state index in [2.05, 4.69) is 36.5 Å². The number of amides is 1. The van der Waals surface area contributed by atoms with E-state index in [0.717, 1.165) is 11.1 Å². The van der Waals surface area contributed by atoms with Crippen molar-refractivity contribution in [2.45, 2.75) is 26.8 Å². The molecular formula is C21H22N2OS. The van der Waals surface area contributed by atoms with E-state index in [4.69, 9.17) is 5.73 Å². The molecular weight excluding hydrogens is 328 g/mol. The van der Waals surface area contributed by atoms with Gasteiger partial charge in [0.2, 0.25) is 0 Å². The van der Waals surface area contributed by atoms with Crippen LogP contribution < -0.4 is 11.1 Å². The first-order chi connectivity index (χ1) is 11.9. The van der Waals surface area contributed by atoms with Crippen LogP contribution in [0.25, 0.3) is 10.4 Å². The molecule has 1 unspecified atom stereocenters. The molecule has 3 rings (SSSR count). The Morgan fingerprint density at radius 2 is 1.88 bits per heavy atom. The van der Waals surface area contributed by atoms with Gasteiger partial charge >= 0.3 is 0 Å². The number of nitrogens with two attached hydrogens (primary N) is 1. The normalized spacial score (nSPS) is 12.0. The third kappa shape index (κ3) is 3.91. The van der Waals surface area contributed by atoms with Gasteiger partial charge in [-0.15, -0.1) is 11.3 Å². The fourth-order valence-corrected chi connectivity index (χ4v) is 3.66. The molecule has 25 heavy (non-hydrogen) atoms. The lowest BCUT2D eigenvalue weighted by Gasteiger charge is -2.16. The van der Waals surface area contributed by atoms with Crippen molar-refractivity contribution in [3.8, 4) is 10.4 Å². The van der Waals surface area contributed by atoms with Crippen LogP contribution in [0.3, 0.4) is 0 Å². The standard InChI is InChI=1S/C21H22N2OS/c1-13-7-9-18(22)12-19(13)21(24)23-15(3)16-5-4-6-17(11-16)20-10-8-14(2)25-20/h4-12,15H,22H2,1-3H3,(H,23,24). The van der Waals surface area contributed by atoms with E-state index in [1.807, 2.05) is 38.1 Å². The third-order valence-corrected chi connectivity index (χ3v) is 5.32. The van der Waals surface area contributed by atoms with Crippen LogP contribution in [0.5, 0.6) is 0 Å². The summed E-state index contributed by atoms with van der Waals surface area (Å²) in [6.07, 6.45) is 0. The van der Waals surface area contributed by atoms with E-state index < -0.39 is 0 Å². The van der Waals surface area contributed by atoms with E-state index in [1.54, 1.807) is 17.4 Å². The van der Waals surface area contributed by atoms with Crippen LogP contribution >= 0.6 is 11.3 Å². The van der Waals surface area contributed by atoms with Crippen LogP contribution in [0.4, 0.5) is 5.69 Å². The summed E-state index contributed by atoms with van der Waals surface area (Å²) < 4.78 is 0. The minimum Gasteiger partial charge on any atom is -0.399 e. The van der Waals surface area contributed by atoms with Crippen molar-refractivity contribution < 1.29 is 4.79 Å². The summed E-state index contributed by atoms with van der Waals surface area (Å²) in [4.78, 5) is 15.1. The molecule has 0 spiro atoms. The largest absolute Gasteiger partial charge is 0.399 e. The zero-order valence-electron chi connectivity index (χ0n) is 14.7. The minimum atomic E-state index is -0.102. The molecule has 4 heteroatoms. The molecule has 1 atom stereocenters. The summed E-state index contributed by atoms with van der Waals surface area (Å²) in [6.45, 7) is 6.02. The molecule has 0 aliphatic heterocycles. The summed E-state index contributed by atoms with van der Waals surface area (Å²) in [5.41, 5.74) is 10.2. The molecule has 3 aromatic rings. The number of benzene rings is 2. The quantitative estimate of drug-likeness (QED) is 0.643. The molecule has 3 N–H and O–H groups in total. The number of carbonyl (C=O) groups excluding carboxylic acids is 1. The van der Waals surface area contributed by atoms with E-state index in [0.29, 0.717) is 11.3 Å². The summed E-state index contributed by atoms with van der Waals surface area (Å²) in [5, 5.41) is 3.07. The minimum absolute atomic E-state index is 0.0886. The average Bonchev–Trinajstić information content (AvgIpc) is 3.03. The molecule has 0 aliphatic carbocycles. The summed E-state index contributed by atoms with van der Waals surface area (Å²) in [7, 11) is 0. The third-order valence-electron chi connectivity index (χ3n) is 4.27. The van der Waals surface area contributed by atoms with Crippen molar-refractivity contribution in [1.29, 1.82) is 0 Å². The van der Waals surface area contributed by atoms with Crippen molar-refractivity contribution in [3.05, 3.63) is 76.2 Å². The Bertz CT molecular complexity index is 914. The second-order valence-electron chi connectivity index (χ2n) is 6.31. The van der Waals surface area contributed by atoms with Gasteiger partial charge in [-0.1, -0.05) is 24.3 Å². The van der Waals surface area contributed by atoms with Gasteiger partial charge in [0.25, 0.3) is 5.91 Å². The van der Waals surface area contributed by atoms with Gasteiger partial charge in [-0.3, -0.25) is 4.79 Å². The smallest absolute Gasteiger partial charge is 0.252 e. The number of rotatable bonds is 4. The fraction of sp³-hybridized carbons (Fsp3) is 0.190. The Labute approximate surface area is 152 Å². The lowest BCUT2D eigenvalue weighted by Crippen LogP contribution is -2.27. The topological polar surface area (TPSA) is 55.1 Å². The Balaban J connectivity index is 1.80. The van der Waals surface area contributed by atoms with Crippen LogP contribution in [-0.4, -0.2) is 5.91 Å². The predicted molar refractivity (Wildman–Crippen MR) is 106 cm³/mol. The molecule has 2 aromatic carbocycles. The number of hydrogen-bond donors (Lipinski definition) is 2. The first-order valence-corrected chi connectivity index (χ1v) is 9.09. The predicted octanol–water partition coefficient (Wildman–Crippen LogP) is 5.11. The average molecular weight is 350 g/mol. The van der Waals surface area contributed by atoms with Crippen molar-refractivity contribution in [1.82, 2.24) is 5.32 Å². The van der Waals surface area contributed by atoms with Crippen LogP contribution in [0.1, 0.15) is 39.3 Å². The van der Waals surface area contributed by atoms with E-state index in [9.17, 15) is 4.79 Å². The van der Waals surface area contributed by atoms with Crippen LogP contribution in [0.15, 0.2) is 54.6 Å². The van der Waals surface area contributed by atoms with Crippen molar-refractivity contribution in [2.75, 3.05) is 5.73 Å². The summed E-state index contributed by atoms with van der Waals surface area (Å²) in [6, 6.07) is 17.9. The second kappa shape index (κ2) is 7.11. The number of nitrogens with one attached hydrogen (secondary N) is 1. The van der Waals surface area contributed by atoms with E-state index in [1.165, 1.54) is 15.3 Å². The number of anilines is 1. The van der Waals surface area contributed by atoms with E-state index in [-0.39, 0.29) is 11.9 Å². The van der Waals surface area contributed by atoms with Crippen molar-refractivity contribution in [2.24, 2.45) is 0 Å². The molecule has 0 aliphatic rings. The maximum Gasteiger partial charge on any atom is 0.252 e. The molecule has 0 saturated heterocycles. The van der Waals surface area contributed by atoms with Crippen LogP contribution in [0, 0.1) is 13.8 Å². The van der Waals surface area contributed by atoms with Gasteiger partial charge in [-0.05, 0) is 67.8 Å². The number of carbonyl (C=O) groups is 1. The molecule has 128 valence electrons. The first kappa shape index (κ1) is 17.2. The lowest BCUT2D eigenvalue weighted by molar-refractivity contribution is 0.0939. The Morgan fingerprint density at radius 3 is 2.60 bits per heavy atom. The number of thiophene rings is 1. The highest BCUT2D eigenvalue weighted by molar-refractivity contribution is 7.15. The van der Waals surface area contributed by atoms with Gasteiger partial charge in [-0.25, -0.2) is 0 Å². The molecule has 3 nitrogen and oxygen atoms in total. The fourth-order valence-electron chi connectivity index (χ4n) is 2.79.